The van der Waals surface area contributed by atoms with Crippen LogP contribution in [0.25, 0.3) is 0 Å². The van der Waals surface area contributed by atoms with Crippen molar-refractivity contribution in [3.63, 3.8) is 0 Å². The minimum absolute atomic E-state index is 0.395. The second-order valence-electron chi connectivity index (χ2n) is 5.97. The summed E-state index contributed by atoms with van der Waals surface area (Å²) in [5.41, 5.74) is 1.28. The molecule has 1 N–H and O–H groups in total. The number of phenolic OH excluding ortho intramolecular Hbond substituents is 1. The lowest BCUT2D eigenvalue weighted by atomic mass is 9.75. The molecule has 0 amide bonds. The third-order valence-corrected chi connectivity index (χ3v) is 4.95. The van der Waals surface area contributed by atoms with Crippen LogP contribution in [0.2, 0.25) is 0 Å². The Balaban J connectivity index is 1.81. The van der Waals surface area contributed by atoms with Gasteiger partial charge in [-0.15, -0.1) is 0 Å². The van der Waals surface area contributed by atoms with Crippen LogP contribution in [0.4, 0.5) is 0 Å². The van der Waals surface area contributed by atoms with Gasteiger partial charge in [-0.2, -0.15) is 0 Å². The molecule has 1 saturated carbocycles. The van der Waals surface area contributed by atoms with Crippen LogP contribution in [0.3, 0.4) is 0 Å². The molecule has 0 radical (unpaired) electrons. The normalized spacial score (nSPS) is 33.1. The van der Waals surface area contributed by atoms with E-state index in [1.165, 1.54) is 44.1 Å². The Morgan fingerprint density at radius 2 is 1.94 bits per heavy atom. The quantitative estimate of drug-likeness (QED) is 0.815. The molecule has 0 aromatic heterocycles. The van der Waals surface area contributed by atoms with Crippen LogP contribution in [0, 0.1) is 5.92 Å². The summed E-state index contributed by atoms with van der Waals surface area (Å²) in [6.45, 7) is 0. The number of likely N-dealkylation sites (tertiary alicyclic amines) is 1. The molecule has 0 bridgehead atoms. The third-order valence-electron chi connectivity index (χ3n) is 4.95. The molecular formula is C16H23NO. The topological polar surface area (TPSA) is 23.5 Å². The number of rotatable bonds is 1. The molecule has 2 nitrogen and oxygen atoms in total. The van der Waals surface area contributed by atoms with E-state index in [2.05, 4.69) is 18.0 Å². The molecule has 1 aliphatic carbocycles. The summed E-state index contributed by atoms with van der Waals surface area (Å²) in [5.74, 6) is 1.31. The number of hydrogen-bond acceptors (Lipinski definition) is 2. The molecule has 1 aromatic carbocycles. The van der Waals surface area contributed by atoms with Crippen LogP contribution < -0.4 is 0 Å². The molecule has 1 aromatic rings. The summed E-state index contributed by atoms with van der Waals surface area (Å²) in [4.78, 5) is 2.57. The standard InChI is InChI=1S/C16H23NO/c1-17-15-8-3-2-5-12(15)9-10-16(17)13-6-4-7-14(18)11-13/h4,6-7,11-12,15-16,18H,2-3,5,8-10H2,1H3/t12-,15+,16+/m0/s1. The largest absolute Gasteiger partial charge is 0.508 e. The smallest absolute Gasteiger partial charge is 0.115 e. The highest BCUT2D eigenvalue weighted by Gasteiger charge is 2.36. The second kappa shape index (κ2) is 4.93. The van der Waals surface area contributed by atoms with E-state index in [-0.39, 0.29) is 0 Å². The number of benzene rings is 1. The second-order valence-corrected chi connectivity index (χ2v) is 5.97. The fraction of sp³-hybridized carbons (Fsp3) is 0.625. The number of phenols is 1. The Morgan fingerprint density at radius 1 is 1.11 bits per heavy atom. The van der Waals surface area contributed by atoms with E-state index < -0.39 is 0 Å². The van der Waals surface area contributed by atoms with E-state index >= 15 is 0 Å². The minimum Gasteiger partial charge on any atom is -0.508 e. The van der Waals surface area contributed by atoms with Gasteiger partial charge in [0.05, 0.1) is 0 Å². The zero-order valence-electron chi connectivity index (χ0n) is 11.2. The van der Waals surface area contributed by atoms with Crippen molar-refractivity contribution in [3.8, 4) is 5.75 Å². The fourth-order valence-electron chi connectivity index (χ4n) is 4.00. The molecule has 0 spiro atoms. The highest BCUT2D eigenvalue weighted by molar-refractivity contribution is 5.29. The number of aromatic hydroxyl groups is 1. The highest BCUT2D eigenvalue weighted by atomic mass is 16.3. The minimum atomic E-state index is 0.395. The van der Waals surface area contributed by atoms with Gasteiger partial charge in [-0.1, -0.05) is 25.0 Å². The van der Waals surface area contributed by atoms with Crippen molar-refractivity contribution in [2.75, 3.05) is 7.05 Å². The van der Waals surface area contributed by atoms with Crippen molar-refractivity contribution in [1.29, 1.82) is 0 Å². The van der Waals surface area contributed by atoms with E-state index in [0.29, 0.717) is 11.8 Å². The zero-order chi connectivity index (χ0) is 12.5. The van der Waals surface area contributed by atoms with Crippen LogP contribution in [0.15, 0.2) is 24.3 Å². The maximum Gasteiger partial charge on any atom is 0.115 e. The van der Waals surface area contributed by atoms with E-state index in [4.69, 9.17) is 0 Å². The Bertz CT molecular complexity index is 417. The number of hydrogen-bond donors (Lipinski definition) is 1. The lowest BCUT2D eigenvalue weighted by Gasteiger charge is -2.47. The first kappa shape index (κ1) is 12.0. The summed E-state index contributed by atoms with van der Waals surface area (Å²) in [6, 6.07) is 9.08. The van der Waals surface area contributed by atoms with Gasteiger partial charge in [-0.25, -0.2) is 0 Å². The van der Waals surface area contributed by atoms with Crippen molar-refractivity contribution >= 4 is 0 Å². The van der Waals surface area contributed by atoms with Crippen molar-refractivity contribution in [2.24, 2.45) is 5.92 Å². The van der Waals surface area contributed by atoms with Crippen molar-refractivity contribution in [2.45, 2.75) is 50.6 Å². The van der Waals surface area contributed by atoms with Gasteiger partial charge in [-0.05, 0) is 56.3 Å². The van der Waals surface area contributed by atoms with E-state index in [0.717, 1.165) is 12.0 Å². The summed E-state index contributed by atoms with van der Waals surface area (Å²) in [5, 5.41) is 9.64. The van der Waals surface area contributed by atoms with Gasteiger partial charge in [0.15, 0.2) is 0 Å². The molecule has 3 rings (SSSR count). The number of fused-ring (bicyclic) bond motifs is 1. The van der Waals surface area contributed by atoms with E-state index in [9.17, 15) is 5.11 Å². The average molecular weight is 245 g/mol. The summed E-state index contributed by atoms with van der Waals surface area (Å²) >= 11 is 0. The molecule has 2 fully saturated rings. The molecule has 1 heterocycles. The molecule has 1 aliphatic heterocycles. The molecule has 0 unspecified atom stereocenters. The van der Waals surface area contributed by atoms with Crippen LogP contribution in [-0.2, 0) is 0 Å². The van der Waals surface area contributed by atoms with Crippen molar-refractivity contribution < 1.29 is 5.11 Å². The van der Waals surface area contributed by atoms with Crippen molar-refractivity contribution in [1.82, 2.24) is 4.90 Å². The van der Waals surface area contributed by atoms with Crippen LogP contribution >= 0.6 is 0 Å². The zero-order valence-corrected chi connectivity index (χ0v) is 11.2. The third kappa shape index (κ3) is 2.14. The first-order valence-corrected chi connectivity index (χ1v) is 7.26. The summed E-state index contributed by atoms with van der Waals surface area (Å²) in [6.07, 6.45) is 8.18. The first-order valence-electron chi connectivity index (χ1n) is 7.26. The Morgan fingerprint density at radius 3 is 2.78 bits per heavy atom. The van der Waals surface area contributed by atoms with Gasteiger partial charge in [0.25, 0.3) is 0 Å². The van der Waals surface area contributed by atoms with Crippen LogP contribution in [0.1, 0.15) is 50.1 Å². The summed E-state index contributed by atoms with van der Waals surface area (Å²) in [7, 11) is 2.27. The van der Waals surface area contributed by atoms with Crippen LogP contribution in [-0.4, -0.2) is 23.1 Å². The monoisotopic (exact) mass is 245 g/mol. The maximum absolute atomic E-state index is 9.64. The number of nitrogens with zero attached hydrogens (tertiary/aromatic N) is 1. The molecule has 3 atom stereocenters. The molecule has 1 saturated heterocycles. The predicted molar refractivity (Wildman–Crippen MR) is 73.6 cm³/mol. The van der Waals surface area contributed by atoms with Gasteiger partial charge in [0, 0.05) is 12.1 Å². The Labute approximate surface area is 110 Å². The van der Waals surface area contributed by atoms with Gasteiger partial charge in [0.1, 0.15) is 5.75 Å². The van der Waals surface area contributed by atoms with Crippen molar-refractivity contribution in [3.05, 3.63) is 29.8 Å². The molecular weight excluding hydrogens is 222 g/mol. The van der Waals surface area contributed by atoms with Crippen LogP contribution in [0.5, 0.6) is 5.75 Å². The van der Waals surface area contributed by atoms with Gasteiger partial charge >= 0.3 is 0 Å². The number of piperidine rings is 1. The Hall–Kier alpha value is -1.02. The SMILES string of the molecule is CN1[C@@H](c2cccc(O)c2)CC[C@@H]2CCCC[C@H]21. The lowest BCUT2D eigenvalue weighted by molar-refractivity contribution is 0.0363. The van der Waals surface area contributed by atoms with Gasteiger partial charge in [-0.3, -0.25) is 4.90 Å². The molecule has 2 aliphatic rings. The first-order chi connectivity index (χ1) is 8.75. The van der Waals surface area contributed by atoms with Gasteiger partial charge in [0.2, 0.25) is 0 Å². The van der Waals surface area contributed by atoms with E-state index in [1.807, 2.05) is 12.1 Å². The molecule has 2 heteroatoms. The maximum atomic E-state index is 9.64. The summed E-state index contributed by atoms with van der Waals surface area (Å²) < 4.78 is 0. The molecule has 98 valence electrons. The van der Waals surface area contributed by atoms with Gasteiger partial charge < -0.3 is 5.11 Å². The fourth-order valence-corrected chi connectivity index (χ4v) is 4.00. The highest BCUT2D eigenvalue weighted by Crippen LogP contribution is 2.42. The molecule has 18 heavy (non-hydrogen) atoms. The van der Waals surface area contributed by atoms with E-state index in [1.54, 1.807) is 6.07 Å². The average Bonchev–Trinajstić information content (AvgIpc) is 2.39. The predicted octanol–water partition coefficient (Wildman–Crippen LogP) is 3.72. The Kier molecular flexibility index (Phi) is 3.29. The lowest BCUT2D eigenvalue weighted by Crippen LogP contribution is -2.46.